The van der Waals surface area contributed by atoms with E-state index in [1.165, 1.54) is 32.6 Å². The predicted octanol–water partition coefficient (Wildman–Crippen LogP) is 0.0738. The van der Waals surface area contributed by atoms with E-state index in [-0.39, 0.29) is 0 Å². The third-order valence-electron chi connectivity index (χ3n) is 7.43. The Bertz CT molecular complexity index is 615. The summed E-state index contributed by atoms with van der Waals surface area (Å²) in [6.45, 7) is 20.6. The van der Waals surface area contributed by atoms with Crippen LogP contribution in [0, 0.1) is 11.8 Å². The number of guanidine groups is 1. The summed E-state index contributed by atoms with van der Waals surface area (Å²) in [5, 5.41) is 3.50. The Morgan fingerprint density at radius 2 is 1.58 bits per heavy atom. The number of hydrogen-bond acceptors (Lipinski definition) is 5. The number of nitrogens with zero attached hydrogens (tertiary/aromatic N) is 6. The fourth-order valence-corrected chi connectivity index (χ4v) is 5.79. The second kappa shape index (κ2) is 10.5. The number of aliphatic imine (C=N–C) groups is 1. The highest BCUT2D eigenvalue weighted by Gasteiger charge is 2.32. The van der Waals surface area contributed by atoms with Gasteiger partial charge in [0.15, 0.2) is 5.96 Å². The van der Waals surface area contributed by atoms with Gasteiger partial charge in [-0.05, 0) is 25.2 Å². The van der Waals surface area contributed by atoms with Crippen molar-refractivity contribution in [1.29, 1.82) is 0 Å². The van der Waals surface area contributed by atoms with Crippen LogP contribution in [0.2, 0.25) is 0 Å². The summed E-state index contributed by atoms with van der Waals surface area (Å²) < 4.78 is 0. The van der Waals surface area contributed by atoms with Crippen LogP contribution >= 0.6 is 0 Å². The highest BCUT2D eigenvalue weighted by atomic mass is 16.2. The highest BCUT2D eigenvalue weighted by molar-refractivity contribution is 5.80. The van der Waals surface area contributed by atoms with Crippen LogP contribution in [-0.4, -0.2) is 134 Å². The van der Waals surface area contributed by atoms with Gasteiger partial charge in [-0.1, -0.05) is 13.8 Å². The second-order valence-electron chi connectivity index (χ2n) is 10.2. The Hall–Kier alpha value is -1.38. The van der Waals surface area contributed by atoms with Crippen LogP contribution in [0.3, 0.4) is 0 Å². The van der Waals surface area contributed by atoms with Gasteiger partial charge in [-0.2, -0.15) is 0 Å². The summed E-state index contributed by atoms with van der Waals surface area (Å²) in [6, 6.07) is 0.560. The second-order valence-corrected chi connectivity index (χ2v) is 10.2. The molecule has 1 amide bonds. The fourth-order valence-electron chi connectivity index (χ4n) is 5.79. The molecule has 2 bridgehead atoms. The van der Waals surface area contributed by atoms with E-state index in [2.05, 4.69) is 50.6 Å². The SMILES string of the molecule is CCNC(=NCC1CN2CCN1CC2)N1CCN(CC(=O)N2CC(C)CC(C)C2)CC1. The van der Waals surface area contributed by atoms with Gasteiger partial charge in [0.05, 0.1) is 13.1 Å². The van der Waals surface area contributed by atoms with E-state index in [1.54, 1.807) is 0 Å². The van der Waals surface area contributed by atoms with Gasteiger partial charge in [-0.15, -0.1) is 0 Å². The fraction of sp³-hybridized carbons (Fsp3) is 0.913. The molecule has 1 N–H and O–H groups in total. The Morgan fingerprint density at radius 1 is 0.903 bits per heavy atom. The number of rotatable bonds is 5. The van der Waals surface area contributed by atoms with Crippen LogP contribution in [0.4, 0.5) is 0 Å². The van der Waals surface area contributed by atoms with Crippen molar-refractivity contribution in [2.24, 2.45) is 16.8 Å². The number of piperazine rings is 4. The molecule has 5 aliphatic rings. The zero-order chi connectivity index (χ0) is 21.8. The monoisotopic (exact) mass is 433 g/mol. The largest absolute Gasteiger partial charge is 0.357 e. The zero-order valence-corrected chi connectivity index (χ0v) is 19.9. The third kappa shape index (κ3) is 5.90. The van der Waals surface area contributed by atoms with Crippen molar-refractivity contribution in [2.75, 3.05) is 91.6 Å². The van der Waals surface area contributed by atoms with E-state index >= 15 is 0 Å². The molecule has 5 saturated heterocycles. The lowest BCUT2D eigenvalue weighted by Gasteiger charge is -2.47. The molecule has 0 aromatic heterocycles. The molecule has 3 atom stereocenters. The standard InChI is InChI=1S/C23H43N7O/c1-4-24-23(25-14-21-17-26-5-9-28(21)10-6-26)29-11-7-27(8-12-29)18-22(31)30-15-19(2)13-20(3)16-30/h19-21H,4-18H2,1-3H3,(H,24,25). The van der Waals surface area contributed by atoms with E-state index in [9.17, 15) is 4.79 Å². The molecule has 5 rings (SSSR count). The van der Waals surface area contributed by atoms with Gasteiger partial charge in [0, 0.05) is 84.6 Å². The number of likely N-dealkylation sites (tertiary alicyclic amines) is 1. The van der Waals surface area contributed by atoms with Gasteiger partial charge in [-0.25, -0.2) is 0 Å². The van der Waals surface area contributed by atoms with E-state index < -0.39 is 0 Å². The number of hydrogen-bond donors (Lipinski definition) is 1. The minimum absolute atomic E-state index is 0.309. The lowest BCUT2D eigenvalue weighted by atomic mass is 9.92. The lowest BCUT2D eigenvalue weighted by Crippen LogP contribution is -2.62. The van der Waals surface area contributed by atoms with Crippen LogP contribution < -0.4 is 5.32 Å². The molecule has 5 fully saturated rings. The maximum atomic E-state index is 12.8. The maximum absolute atomic E-state index is 12.8. The van der Waals surface area contributed by atoms with Gasteiger partial charge in [-0.3, -0.25) is 24.5 Å². The molecule has 0 aromatic carbocycles. The zero-order valence-electron chi connectivity index (χ0n) is 19.9. The van der Waals surface area contributed by atoms with E-state index in [0.29, 0.717) is 30.3 Å². The summed E-state index contributed by atoms with van der Waals surface area (Å²) in [4.78, 5) is 29.9. The Morgan fingerprint density at radius 3 is 2.16 bits per heavy atom. The van der Waals surface area contributed by atoms with Gasteiger partial charge >= 0.3 is 0 Å². The van der Waals surface area contributed by atoms with Crippen LogP contribution in [0.1, 0.15) is 27.2 Å². The van der Waals surface area contributed by atoms with Crippen LogP contribution in [0.15, 0.2) is 4.99 Å². The van der Waals surface area contributed by atoms with Crippen molar-refractivity contribution in [3.8, 4) is 0 Å². The molecule has 0 aliphatic carbocycles. The van der Waals surface area contributed by atoms with Crippen molar-refractivity contribution in [1.82, 2.24) is 29.8 Å². The Kier molecular flexibility index (Phi) is 7.72. The maximum Gasteiger partial charge on any atom is 0.236 e. The number of nitrogens with one attached hydrogen (secondary N) is 1. The van der Waals surface area contributed by atoms with Gasteiger partial charge in [0.2, 0.25) is 5.91 Å². The average molecular weight is 434 g/mol. The number of carbonyl (C=O) groups is 1. The molecule has 0 aromatic rings. The van der Waals surface area contributed by atoms with Gasteiger partial charge in [0.1, 0.15) is 0 Å². The first-order valence-corrected chi connectivity index (χ1v) is 12.5. The number of carbonyl (C=O) groups excluding carboxylic acids is 1. The van der Waals surface area contributed by atoms with Crippen LogP contribution in [0.5, 0.6) is 0 Å². The van der Waals surface area contributed by atoms with Crippen molar-refractivity contribution >= 4 is 11.9 Å². The Labute approximate surface area is 188 Å². The molecule has 3 unspecified atom stereocenters. The predicted molar refractivity (Wildman–Crippen MR) is 125 cm³/mol. The van der Waals surface area contributed by atoms with Crippen molar-refractivity contribution in [2.45, 2.75) is 33.2 Å². The third-order valence-corrected chi connectivity index (χ3v) is 7.43. The molecule has 31 heavy (non-hydrogen) atoms. The first-order valence-electron chi connectivity index (χ1n) is 12.5. The molecular formula is C23H43N7O. The minimum Gasteiger partial charge on any atom is -0.357 e. The normalized spacial score (nSPS) is 34.8. The van der Waals surface area contributed by atoms with Crippen LogP contribution in [0.25, 0.3) is 0 Å². The minimum atomic E-state index is 0.309. The molecule has 0 spiro atoms. The molecule has 176 valence electrons. The highest BCUT2D eigenvalue weighted by Crippen LogP contribution is 2.21. The van der Waals surface area contributed by atoms with E-state index in [1.807, 2.05) is 0 Å². The Balaban J connectivity index is 1.25. The molecule has 8 nitrogen and oxygen atoms in total. The molecular weight excluding hydrogens is 390 g/mol. The quantitative estimate of drug-likeness (QED) is 0.489. The van der Waals surface area contributed by atoms with Crippen molar-refractivity contribution in [3.05, 3.63) is 0 Å². The van der Waals surface area contributed by atoms with Crippen molar-refractivity contribution < 1.29 is 4.79 Å². The van der Waals surface area contributed by atoms with E-state index in [4.69, 9.17) is 4.99 Å². The summed E-state index contributed by atoms with van der Waals surface area (Å²) in [5.74, 6) is 2.60. The molecule has 0 radical (unpaired) electrons. The summed E-state index contributed by atoms with van der Waals surface area (Å²) in [6.07, 6.45) is 1.24. The molecule has 5 heterocycles. The topological polar surface area (TPSA) is 57.7 Å². The number of fused-ring (bicyclic) bond motifs is 3. The first kappa shape index (κ1) is 22.8. The first-order chi connectivity index (χ1) is 15.0. The number of piperidine rings is 1. The summed E-state index contributed by atoms with van der Waals surface area (Å²) in [7, 11) is 0. The van der Waals surface area contributed by atoms with Gasteiger partial charge in [0.25, 0.3) is 0 Å². The molecule has 8 heteroatoms. The van der Waals surface area contributed by atoms with Crippen molar-refractivity contribution in [3.63, 3.8) is 0 Å². The summed E-state index contributed by atoms with van der Waals surface area (Å²) in [5.41, 5.74) is 0. The molecule has 0 saturated carbocycles. The van der Waals surface area contributed by atoms with Gasteiger partial charge < -0.3 is 15.1 Å². The number of amides is 1. The summed E-state index contributed by atoms with van der Waals surface area (Å²) >= 11 is 0. The lowest BCUT2D eigenvalue weighted by molar-refractivity contribution is -0.135. The average Bonchev–Trinajstić information content (AvgIpc) is 2.77. The van der Waals surface area contributed by atoms with Crippen LogP contribution in [-0.2, 0) is 4.79 Å². The van der Waals surface area contributed by atoms with E-state index in [0.717, 1.165) is 64.9 Å². The molecule has 5 aliphatic heterocycles. The smallest absolute Gasteiger partial charge is 0.236 e.